The number of hydrogen-bond donors (Lipinski definition) is 0. The zero-order valence-electron chi connectivity index (χ0n) is 16.9. The third-order valence-corrected chi connectivity index (χ3v) is 7.22. The van der Waals surface area contributed by atoms with Crippen LogP contribution in [-0.2, 0) is 0 Å². The summed E-state index contributed by atoms with van der Waals surface area (Å²) in [6, 6.07) is 11.8. The molecule has 0 heterocycles. The maximum absolute atomic E-state index is 12.4. The SMILES string of the molecule is CCCC[C@@H]1CC[C@@H]2CC(c3ccc4cc(OC(F)F)ccc4c3)CCC2C1. The smallest absolute Gasteiger partial charge is 0.387 e. The van der Waals surface area contributed by atoms with Gasteiger partial charge in [-0.1, -0.05) is 56.9 Å². The van der Waals surface area contributed by atoms with Crippen molar-refractivity contribution in [2.24, 2.45) is 17.8 Å². The molecule has 2 aromatic rings. The van der Waals surface area contributed by atoms with Gasteiger partial charge in [0.2, 0.25) is 0 Å². The molecule has 2 aromatic carbocycles. The van der Waals surface area contributed by atoms with Gasteiger partial charge in [0.25, 0.3) is 0 Å². The zero-order valence-corrected chi connectivity index (χ0v) is 16.9. The minimum atomic E-state index is -2.77. The first-order valence-corrected chi connectivity index (χ1v) is 11.1. The second-order valence-corrected chi connectivity index (χ2v) is 9.00. The van der Waals surface area contributed by atoms with E-state index < -0.39 is 6.61 Å². The van der Waals surface area contributed by atoms with Gasteiger partial charge in [0.1, 0.15) is 5.75 Å². The molecule has 0 aliphatic heterocycles. The summed E-state index contributed by atoms with van der Waals surface area (Å²) in [5, 5.41) is 2.08. The number of hydrogen-bond acceptors (Lipinski definition) is 1. The van der Waals surface area contributed by atoms with E-state index in [1.165, 1.54) is 63.4 Å². The van der Waals surface area contributed by atoms with Crippen molar-refractivity contribution < 1.29 is 13.5 Å². The van der Waals surface area contributed by atoms with Crippen LogP contribution in [0.5, 0.6) is 5.75 Å². The lowest BCUT2D eigenvalue weighted by atomic mass is 9.63. The molecule has 3 heteroatoms. The molecule has 0 N–H and O–H groups in total. The lowest BCUT2D eigenvalue weighted by molar-refractivity contribution is -0.0497. The van der Waals surface area contributed by atoms with Crippen LogP contribution in [0.4, 0.5) is 8.78 Å². The second-order valence-electron chi connectivity index (χ2n) is 9.00. The normalized spacial score (nSPS) is 27.7. The monoisotopic (exact) mass is 386 g/mol. The van der Waals surface area contributed by atoms with E-state index in [4.69, 9.17) is 0 Å². The number of ether oxygens (including phenoxy) is 1. The number of benzene rings is 2. The molecule has 2 unspecified atom stereocenters. The number of unbranched alkanes of at least 4 members (excludes halogenated alkanes) is 1. The van der Waals surface area contributed by atoms with Crippen molar-refractivity contribution in [3.05, 3.63) is 42.0 Å². The van der Waals surface area contributed by atoms with Crippen molar-refractivity contribution in [3.8, 4) is 5.75 Å². The van der Waals surface area contributed by atoms with Crippen molar-refractivity contribution in [3.63, 3.8) is 0 Å². The Morgan fingerprint density at radius 3 is 2.50 bits per heavy atom. The second kappa shape index (κ2) is 8.80. The maximum Gasteiger partial charge on any atom is 0.387 e. The van der Waals surface area contributed by atoms with Crippen LogP contribution >= 0.6 is 0 Å². The number of fused-ring (bicyclic) bond motifs is 2. The molecule has 4 rings (SSSR count). The fourth-order valence-corrected chi connectivity index (χ4v) is 5.72. The van der Waals surface area contributed by atoms with Crippen LogP contribution in [0.2, 0.25) is 0 Å². The highest BCUT2D eigenvalue weighted by Gasteiger charge is 2.35. The molecule has 4 atom stereocenters. The van der Waals surface area contributed by atoms with Crippen LogP contribution in [0.1, 0.15) is 76.2 Å². The molecule has 2 saturated carbocycles. The highest BCUT2D eigenvalue weighted by Crippen LogP contribution is 2.48. The molecule has 0 amide bonds. The Morgan fingerprint density at radius 2 is 1.68 bits per heavy atom. The van der Waals surface area contributed by atoms with Crippen molar-refractivity contribution in [2.75, 3.05) is 0 Å². The van der Waals surface area contributed by atoms with E-state index in [2.05, 4.69) is 29.9 Å². The van der Waals surface area contributed by atoms with E-state index in [0.29, 0.717) is 5.92 Å². The highest BCUT2D eigenvalue weighted by molar-refractivity contribution is 5.84. The van der Waals surface area contributed by atoms with Gasteiger partial charge in [0.15, 0.2) is 0 Å². The lowest BCUT2D eigenvalue weighted by Crippen LogP contribution is -2.30. The Labute approximate surface area is 167 Å². The Hall–Kier alpha value is -1.64. The molecule has 0 saturated heterocycles. The first kappa shape index (κ1) is 19.7. The lowest BCUT2D eigenvalue weighted by Gasteiger charge is -2.42. The van der Waals surface area contributed by atoms with Gasteiger partial charge < -0.3 is 4.74 Å². The van der Waals surface area contributed by atoms with Gasteiger partial charge in [-0.2, -0.15) is 8.78 Å². The summed E-state index contributed by atoms with van der Waals surface area (Å²) in [4.78, 5) is 0. The van der Waals surface area contributed by atoms with Crippen LogP contribution in [0.25, 0.3) is 10.8 Å². The minimum Gasteiger partial charge on any atom is -0.435 e. The topological polar surface area (TPSA) is 9.23 Å². The average molecular weight is 387 g/mol. The van der Waals surface area contributed by atoms with Crippen LogP contribution < -0.4 is 4.74 Å². The molecule has 0 bridgehead atoms. The first-order valence-electron chi connectivity index (χ1n) is 11.1. The van der Waals surface area contributed by atoms with Gasteiger partial charge in [-0.05, 0) is 84.2 Å². The van der Waals surface area contributed by atoms with Gasteiger partial charge in [0, 0.05) is 0 Å². The average Bonchev–Trinajstić information content (AvgIpc) is 2.71. The van der Waals surface area contributed by atoms with E-state index in [0.717, 1.165) is 28.5 Å². The summed E-state index contributed by atoms with van der Waals surface area (Å²) >= 11 is 0. The molecule has 2 aliphatic carbocycles. The standard InChI is InChI=1S/C25H32F2O/c1-2-3-4-17-5-6-19-14-20(8-7-18(19)13-17)21-9-10-23-16-24(28-25(26)27)12-11-22(23)15-21/h9-12,15-20,25H,2-8,13-14H2,1H3/t17-,18?,19-,20?/m1/s1. The van der Waals surface area contributed by atoms with Crippen molar-refractivity contribution in [1.82, 2.24) is 0 Å². The van der Waals surface area contributed by atoms with Crippen LogP contribution in [-0.4, -0.2) is 6.61 Å². The molecular weight excluding hydrogens is 354 g/mol. The fourth-order valence-electron chi connectivity index (χ4n) is 5.72. The summed E-state index contributed by atoms with van der Waals surface area (Å²) in [6.07, 6.45) is 12.4. The molecule has 0 aromatic heterocycles. The molecule has 2 aliphatic rings. The van der Waals surface area contributed by atoms with E-state index in [9.17, 15) is 8.78 Å². The van der Waals surface area contributed by atoms with Gasteiger partial charge in [-0.3, -0.25) is 0 Å². The summed E-state index contributed by atoms with van der Waals surface area (Å²) < 4.78 is 29.4. The van der Waals surface area contributed by atoms with Crippen LogP contribution in [0.15, 0.2) is 36.4 Å². The van der Waals surface area contributed by atoms with Gasteiger partial charge in [0.05, 0.1) is 0 Å². The first-order chi connectivity index (χ1) is 13.6. The maximum atomic E-state index is 12.4. The predicted octanol–water partition coefficient (Wildman–Crippen LogP) is 7.93. The summed E-state index contributed by atoms with van der Waals surface area (Å²) in [6.45, 7) is -0.475. The van der Waals surface area contributed by atoms with Gasteiger partial charge >= 0.3 is 6.61 Å². The summed E-state index contributed by atoms with van der Waals surface area (Å²) in [5.41, 5.74) is 1.42. The highest BCUT2D eigenvalue weighted by atomic mass is 19.3. The van der Waals surface area contributed by atoms with Gasteiger partial charge in [-0.15, -0.1) is 0 Å². The summed E-state index contributed by atoms with van der Waals surface area (Å²) in [7, 11) is 0. The Balaban J connectivity index is 1.42. The van der Waals surface area contributed by atoms with Crippen molar-refractivity contribution in [1.29, 1.82) is 0 Å². The van der Waals surface area contributed by atoms with E-state index in [-0.39, 0.29) is 5.75 Å². The summed E-state index contributed by atoms with van der Waals surface area (Å²) in [5.74, 6) is 3.70. The van der Waals surface area contributed by atoms with E-state index >= 15 is 0 Å². The van der Waals surface area contributed by atoms with Crippen LogP contribution in [0.3, 0.4) is 0 Å². The number of halogens is 2. The number of alkyl halides is 2. The van der Waals surface area contributed by atoms with Gasteiger partial charge in [-0.25, -0.2) is 0 Å². The van der Waals surface area contributed by atoms with E-state index in [1.54, 1.807) is 12.1 Å². The third kappa shape index (κ3) is 4.50. The Bertz CT molecular complexity index is 787. The fraction of sp³-hybridized carbons (Fsp3) is 0.600. The molecular formula is C25H32F2O. The molecule has 2 fully saturated rings. The molecule has 0 spiro atoms. The Morgan fingerprint density at radius 1 is 0.929 bits per heavy atom. The predicted molar refractivity (Wildman–Crippen MR) is 111 cm³/mol. The Kier molecular flexibility index (Phi) is 6.18. The molecule has 0 radical (unpaired) electrons. The minimum absolute atomic E-state index is 0.232. The quantitative estimate of drug-likeness (QED) is 0.490. The largest absolute Gasteiger partial charge is 0.435 e. The van der Waals surface area contributed by atoms with Crippen LogP contribution in [0, 0.1) is 17.8 Å². The molecule has 1 nitrogen and oxygen atoms in total. The third-order valence-electron chi connectivity index (χ3n) is 7.22. The molecule has 152 valence electrons. The van der Waals surface area contributed by atoms with E-state index in [1.807, 2.05) is 6.07 Å². The zero-order chi connectivity index (χ0) is 19.5. The van der Waals surface area contributed by atoms with Crippen molar-refractivity contribution >= 4 is 10.8 Å². The molecule has 28 heavy (non-hydrogen) atoms. The van der Waals surface area contributed by atoms with Crippen molar-refractivity contribution in [2.45, 2.75) is 77.2 Å². The number of rotatable bonds is 6.